The van der Waals surface area contributed by atoms with Gasteiger partial charge in [-0.2, -0.15) is 4.80 Å². The van der Waals surface area contributed by atoms with Gasteiger partial charge >= 0.3 is 0 Å². The summed E-state index contributed by atoms with van der Waals surface area (Å²) in [5, 5.41) is 16.3. The van der Waals surface area contributed by atoms with E-state index in [9.17, 15) is 4.79 Å². The predicted molar refractivity (Wildman–Crippen MR) is 94.0 cm³/mol. The molecule has 1 fully saturated rings. The number of aromatic amines is 1. The molecule has 0 aliphatic heterocycles. The summed E-state index contributed by atoms with van der Waals surface area (Å²) in [4.78, 5) is 17.0. The van der Waals surface area contributed by atoms with Crippen LogP contribution in [-0.2, 0) is 24.3 Å². The van der Waals surface area contributed by atoms with E-state index in [1.807, 2.05) is 25.1 Å². The van der Waals surface area contributed by atoms with Gasteiger partial charge in [-0.05, 0) is 48.2 Å². The molecule has 1 amide bonds. The number of aryl methyl sites for hydroxylation is 2. The van der Waals surface area contributed by atoms with Gasteiger partial charge in [0.15, 0.2) is 6.33 Å². The van der Waals surface area contributed by atoms with Crippen LogP contribution < -0.4 is 5.32 Å². The first-order valence-corrected chi connectivity index (χ1v) is 8.70. The minimum atomic E-state index is -0.155. The Hall–Kier alpha value is -2.41. The molecule has 1 aliphatic carbocycles. The number of halogens is 1. The molecule has 0 saturated heterocycles. The summed E-state index contributed by atoms with van der Waals surface area (Å²) in [5.74, 6) is 0.130. The lowest BCUT2D eigenvalue weighted by Crippen LogP contribution is -2.29. The SMILES string of the molecule is CC1(C(=O)NCc2cc3cc(Cl)c(CCn4ncnn4)cc3[nH]2)CC1. The first-order valence-electron chi connectivity index (χ1n) is 8.33. The number of nitrogens with one attached hydrogen (secondary N) is 2. The number of rotatable bonds is 6. The number of benzene rings is 1. The smallest absolute Gasteiger partial charge is 0.226 e. The second-order valence-corrected chi connectivity index (χ2v) is 7.26. The van der Waals surface area contributed by atoms with E-state index < -0.39 is 0 Å². The van der Waals surface area contributed by atoms with Gasteiger partial charge in [0.2, 0.25) is 5.91 Å². The van der Waals surface area contributed by atoms with Crippen LogP contribution in [0.1, 0.15) is 31.0 Å². The first kappa shape index (κ1) is 16.1. The minimum Gasteiger partial charge on any atom is -0.357 e. The fourth-order valence-corrected chi connectivity index (χ4v) is 3.13. The van der Waals surface area contributed by atoms with E-state index in [0.717, 1.165) is 35.0 Å². The highest BCUT2D eigenvalue weighted by Gasteiger charge is 2.44. The van der Waals surface area contributed by atoms with Gasteiger partial charge in [-0.25, -0.2) is 0 Å². The zero-order valence-electron chi connectivity index (χ0n) is 13.9. The van der Waals surface area contributed by atoms with E-state index >= 15 is 0 Å². The molecule has 4 rings (SSSR count). The van der Waals surface area contributed by atoms with Crippen LogP contribution in [0.25, 0.3) is 10.9 Å². The van der Waals surface area contributed by atoms with Crippen LogP contribution in [0, 0.1) is 5.41 Å². The molecule has 0 bridgehead atoms. The molecule has 2 aromatic heterocycles. The Morgan fingerprint density at radius 2 is 2.24 bits per heavy atom. The molecule has 0 spiro atoms. The molecule has 0 unspecified atom stereocenters. The molecule has 2 heterocycles. The average Bonchev–Trinajstić information content (AvgIpc) is 3.01. The first-order chi connectivity index (χ1) is 12.0. The summed E-state index contributed by atoms with van der Waals surface area (Å²) >= 11 is 6.40. The largest absolute Gasteiger partial charge is 0.357 e. The van der Waals surface area contributed by atoms with Gasteiger partial charge in [-0.3, -0.25) is 4.79 Å². The Bertz CT molecular complexity index is 913. The molecule has 25 heavy (non-hydrogen) atoms. The zero-order valence-corrected chi connectivity index (χ0v) is 14.7. The van der Waals surface area contributed by atoms with Crippen molar-refractivity contribution in [3.8, 4) is 0 Å². The summed E-state index contributed by atoms with van der Waals surface area (Å²) < 4.78 is 0. The van der Waals surface area contributed by atoms with Crippen LogP contribution in [0.15, 0.2) is 24.5 Å². The van der Waals surface area contributed by atoms with Crippen LogP contribution in [0.5, 0.6) is 0 Å². The van der Waals surface area contributed by atoms with Crippen LogP contribution in [-0.4, -0.2) is 31.1 Å². The molecule has 7 nitrogen and oxygen atoms in total. The van der Waals surface area contributed by atoms with Crippen LogP contribution in [0.4, 0.5) is 0 Å². The van der Waals surface area contributed by atoms with Crippen molar-refractivity contribution in [1.29, 1.82) is 0 Å². The number of H-pyrrole nitrogens is 1. The Morgan fingerprint density at radius 3 is 2.96 bits per heavy atom. The van der Waals surface area contributed by atoms with Gasteiger partial charge in [0.1, 0.15) is 0 Å². The van der Waals surface area contributed by atoms with Crippen LogP contribution >= 0.6 is 11.6 Å². The molecule has 2 N–H and O–H groups in total. The molecular formula is C17H19ClN6O. The maximum Gasteiger partial charge on any atom is 0.226 e. The van der Waals surface area contributed by atoms with E-state index in [1.54, 1.807) is 0 Å². The molecule has 1 saturated carbocycles. The monoisotopic (exact) mass is 358 g/mol. The van der Waals surface area contributed by atoms with E-state index in [2.05, 4.69) is 25.7 Å². The summed E-state index contributed by atoms with van der Waals surface area (Å²) in [6.45, 7) is 3.12. The number of aromatic nitrogens is 5. The summed E-state index contributed by atoms with van der Waals surface area (Å²) in [5.41, 5.74) is 2.85. The highest BCUT2D eigenvalue weighted by atomic mass is 35.5. The number of amides is 1. The molecule has 3 aromatic rings. The Balaban J connectivity index is 1.47. The van der Waals surface area contributed by atoms with Crippen LogP contribution in [0.3, 0.4) is 0 Å². The number of fused-ring (bicyclic) bond motifs is 1. The molecule has 130 valence electrons. The summed E-state index contributed by atoms with van der Waals surface area (Å²) in [6, 6.07) is 6.02. The number of nitrogens with zero attached hydrogens (tertiary/aromatic N) is 4. The van der Waals surface area contributed by atoms with Crippen molar-refractivity contribution in [2.45, 2.75) is 39.3 Å². The highest BCUT2D eigenvalue weighted by Crippen LogP contribution is 2.45. The lowest BCUT2D eigenvalue weighted by atomic mass is 10.1. The third-order valence-corrected chi connectivity index (χ3v) is 5.16. The summed E-state index contributed by atoms with van der Waals surface area (Å²) in [6.07, 6.45) is 4.09. The Labute approximate surface area is 149 Å². The van der Waals surface area contributed by atoms with Gasteiger partial charge < -0.3 is 10.3 Å². The van der Waals surface area contributed by atoms with Crippen molar-refractivity contribution in [3.63, 3.8) is 0 Å². The van der Waals surface area contributed by atoms with Crippen molar-refractivity contribution in [1.82, 2.24) is 30.5 Å². The minimum absolute atomic E-state index is 0.130. The van der Waals surface area contributed by atoms with Crippen molar-refractivity contribution in [2.75, 3.05) is 0 Å². The lowest BCUT2D eigenvalue weighted by Gasteiger charge is -2.08. The topological polar surface area (TPSA) is 88.5 Å². The maximum absolute atomic E-state index is 12.1. The highest BCUT2D eigenvalue weighted by molar-refractivity contribution is 6.32. The predicted octanol–water partition coefficient (Wildman–Crippen LogP) is 2.47. The molecular weight excluding hydrogens is 340 g/mol. The number of tetrazole rings is 1. The van der Waals surface area contributed by atoms with Gasteiger partial charge in [-0.1, -0.05) is 18.5 Å². The van der Waals surface area contributed by atoms with Gasteiger partial charge in [0.05, 0.1) is 13.1 Å². The third-order valence-electron chi connectivity index (χ3n) is 4.80. The molecule has 0 radical (unpaired) electrons. The fraction of sp³-hybridized carbons (Fsp3) is 0.412. The maximum atomic E-state index is 12.1. The van der Waals surface area contributed by atoms with E-state index in [0.29, 0.717) is 24.5 Å². The zero-order chi connectivity index (χ0) is 17.4. The molecule has 8 heteroatoms. The lowest BCUT2D eigenvalue weighted by molar-refractivity contribution is -0.125. The Kier molecular flexibility index (Phi) is 3.95. The van der Waals surface area contributed by atoms with Crippen molar-refractivity contribution >= 4 is 28.4 Å². The number of hydrogen-bond donors (Lipinski definition) is 2. The molecule has 1 aliphatic rings. The van der Waals surface area contributed by atoms with E-state index in [4.69, 9.17) is 11.6 Å². The van der Waals surface area contributed by atoms with Crippen molar-refractivity contribution in [2.24, 2.45) is 5.41 Å². The van der Waals surface area contributed by atoms with Gasteiger partial charge in [0.25, 0.3) is 0 Å². The second-order valence-electron chi connectivity index (χ2n) is 6.85. The van der Waals surface area contributed by atoms with E-state index in [1.165, 1.54) is 11.1 Å². The standard InChI is InChI=1S/C17H19ClN6O/c1-17(3-4-17)16(25)19-9-13-6-12-7-14(18)11(8-15(12)22-13)2-5-24-21-10-20-23-24/h6-8,10,22H,2-5,9H2,1H3,(H,19,25). The van der Waals surface area contributed by atoms with Gasteiger partial charge in [0, 0.05) is 27.0 Å². The average molecular weight is 359 g/mol. The molecule has 0 atom stereocenters. The fourth-order valence-electron chi connectivity index (χ4n) is 2.86. The molecule has 1 aromatic carbocycles. The number of carbonyl (C=O) groups is 1. The van der Waals surface area contributed by atoms with Crippen molar-refractivity contribution < 1.29 is 4.79 Å². The normalized spacial score (nSPS) is 15.4. The number of carbonyl (C=O) groups excluding carboxylic acids is 1. The Morgan fingerprint density at radius 1 is 1.40 bits per heavy atom. The van der Waals surface area contributed by atoms with Crippen molar-refractivity contribution in [3.05, 3.63) is 40.8 Å². The number of hydrogen-bond acceptors (Lipinski definition) is 4. The van der Waals surface area contributed by atoms with Crippen LogP contribution in [0.2, 0.25) is 5.02 Å². The third kappa shape index (κ3) is 3.37. The van der Waals surface area contributed by atoms with E-state index in [-0.39, 0.29) is 11.3 Å². The van der Waals surface area contributed by atoms with Gasteiger partial charge in [-0.15, -0.1) is 10.2 Å². The second kappa shape index (κ2) is 6.15. The quantitative estimate of drug-likeness (QED) is 0.708. The summed E-state index contributed by atoms with van der Waals surface area (Å²) in [7, 11) is 0.